The van der Waals surface area contributed by atoms with Gasteiger partial charge < -0.3 is 14.8 Å². The lowest BCUT2D eigenvalue weighted by Crippen LogP contribution is -2.30. The van der Waals surface area contributed by atoms with Crippen molar-refractivity contribution in [1.29, 1.82) is 0 Å². The van der Waals surface area contributed by atoms with Crippen LogP contribution in [0.1, 0.15) is 22.8 Å². The van der Waals surface area contributed by atoms with Crippen LogP contribution in [0.3, 0.4) is 0 Å². The fourth-order valence-corrected chi connectivity index (χ4v) is 2.73. The zero-order valence-corrected chi connectivity index (χ0v) is 15.5. The van der Waals surface area contributed by atoms with Crippen molar-refractivity contribution in [1.82, 2.24) is 0 Å². The maximum absolute atomic E-state index is 12.5. The molecule has 0 heterocycles. The number of anilines is 1. The molecule has 0 radical (unpaired) electrons. The van der Waals surface area contributed by atoms with Crippen molar-refractivity contribution in [2.24, 2.45) is 0 Å². The van der Waals surface area contributed by atoms with Gasteiger partial charge in [0.15, 0.2) is 6.10 Å². The summed E-state index contributed by atoms with van der Waals surface area (Å²) in [6.45, 7) is 3.54. The number of nitrogens with one attached hydrogen (secondary N) is 1. The Morgan fingerprint density at radius 2 is 1.70 bits per heavy atom. The summed E-state index contributed by atoms with van der Waals surface area (Å²) >= 11 is 0. The fraction of sp³-hybridized carbons (Fsp3) is 0.182. The zero-order valence-electron chi connectivity index (χ0n) is 15.5. The van der Waals surface area contributed by atoms with Crippen LogP contribution in [0, 0.1) is 6.92 Å². The molecule has 0 saturated carbocycles. The molecule has 0 aromatic heterocycles. The number of amides is 1. The molecule has 0 aliphatic rings. The van der Waals surface area contributed by atoms with Gasteiger partial charge in [-0.25, -0.2) is 4.79 Å². The Balaban J connectivity index is 1.72. The minimum absolute atomic E-state index is 0.298. The highest BCUT2D eigenvalue weighted by atomic mass is 16.5. The molecule has 0 unspecified atom stereocenters. The summed E-state index contributed by atoms with van der Waals surface area (Å²) in [4.78, 5) is 24.2. The van der Waals surface area contributed by atoms with E-state index in [1.54, 1.807) is 25.1 Å². The maximum atomic E-state index is 12.5. The summed E-state index contributed by atoms with van der Waals surface area (Å²) in [6, 6.07) is 18.7. The van der Waals surface area contributed by atoms with Crippen molar-refractivity contribution >= 4 is 28.3 Å². The number of carbonyl (C=O) groups is 2. The molecule has 0 fully saturated rings. The smallest absolute Gasteiger partial charge is 0.337 e. The Labute approximate surface area is 157 Å². The number of hydrogen-bond donors (Lipinski definition) is 1. The van der Waals surface area contributed by atoms with E-state index in [-0.39, 0.29) is 5.91 Å². The third-order valence-corrected chi connectivity index (χ3v) is 4.32. The van der Waals surface area contributed by atoms with Gasteiger partial charge in [0.05, 0.1) is 12.7 Å². The molecule has 0 aliphatic heterocycles. The van der Waals surface area contributed by atoms with E-state index in [2.05, 4.69) is 5.32 Å². The van der Waals surface area contributed by atoms with Crippen LogP contribution in [0.15, 0.2) is 60.7 Å². The van der Waals surface area contributed by atoms with E-state index in [0.29, 0.717) is 17.0 Å². The highest BCUT2D eigenvalue weighted by Gasteiger charge is 2.17. The lowest BCUT2D eigenvalue weighted by Gasteiger charge is -2.16. The lowest BCUT2D eigenvalue weighted by atomic mass is 10.1. The van der Waals surface area contributed by atoms with Crippen molar-refractivity contribution in [2.75, 3.05) is 12.4 Å². The summed E-state index contributed by atoms with van der Waals surface area (Å²) in [6.07, 6.45) is -0.702. The van der Waals surface area contributed by atoms with Gasteiger partial charge in [-0.15, -0.1) is 0 Å². The van der Waals surface area contributed by atoms with Gasteiger partial charge in [0, 0.05) is 5.69 Å². The molecule has 0 aliphatic carbocycles. The Kier molecular flexibility index (Phi) is 5.41. The van der Waals surface area contributed by atoms with Gasteiger partial charge in [-0.1, -0.05) is 36.4 Å². The minimum Gasteiger partial charge on any atom is -0.481 e. The monoisotopic (exact) mass is 363 g/mol. The van der Waals surface area contributed by atoms with Crippen LogP contribution >= 0.6 is 0 Å². The summed E-state index contributed by atoms with van der Waals surface area (Å²) in [5.74, 6) is -0.129. The fourth-order valence-electron chi connectivity index (χ4n) is 2.73. The van der Waals surface area contributed by atoms with Gasteiger partial charge in [0.25, 0.3) is 5.91 Å². The van der Waals surface area contributed by atoms with Crippen LogP contribution in [0.5, 0.6) is 5.75 Å². The van der Waals surface area contributed by atoms with E-state index < -0.39 is 12.1 Å². The molecule has 0 saturated heterocycles. The van der Waals surface area contributed by atoms with Gasteiger partial charge in [-0.2, -0.15) is 0 Å². The first-order valence-electron chi connectivity index (χ1n) is 8.63. The number of rotatable bonds is 5. The number of aryl methyl sites for hydroxylation is 1. The third-order valence-electron chi connectivity index (χ3n) is 4.32. The first-order valence-corrected chi connectivity index (χ1v) is 8.63. The quantitative estimate of drug-likeness (QED) is 0.685. The Morgan fingerprint density at radius 1 is 0.963 bits per heavy atom. The summed E-state index contributed by atoms with van der Waals surface area (Å²) in [5.41, 5.74) is 1.77. The molecule has 1 atom stereocenters. The zero-order chi connectivity index (χ0) is 19.4. The van der Waals surface area contributed by atoms with E-state index in [1.807, 2.05) is 49.4 Å². The van der Waals surface area contributed by atoms with Crippen molar-refractivity contribution < 1.29 is 19.1 Å². The van der Waals surface area contributed by atoms with E-state index >= 15 is 0 Å². The molecule has 3 aromatic rings. The van der Waals surface area contributed by atoms with Gasteiger partial charge >= 0.3 is 5.97 Å². The van der Waals surface area contributed by atoms with Crippen LogP contribution in [0.25, 0.3) is 10.8 Å². The Morgan fingerprint density at radius 3 is 2.44 bits per heavy atom. The number of hydrogen-bond acceptors (Lipinski definition) is 4. The molecule has 27 heavy (non-hydrogen) atoms. The average Bonchev–Trinajstić information content (AvgIpc) is 2.68. The van der Waals surface area contributed by atoms with Gasteiger partial charge in [0.1, 0.15) is 5.75 Å². The van der Waals surface area contributed by atoms with Crippen molar-refractivity contribution in [3.63, 3.8) is 0 Å². The third kappa shape index (κ3) is 4.26. The number of fused-ring (bicyclic) bond motifs is 1. The highest BCUT2D eigenvalue weighted by molar-refractivity contribution is 5.97. The van der Waals surface area contributed by atoms with Crippen LogP contribution in [0.4, 0.5) is 5.69 Å². The molecule has 138 valence electrons. The molecule has 0 spiro atoms. The van der Waals surface area contributed by atoms with Gasteiger partial charge in [0.2, 0.25) is 0 Å². The van der Waals surface area contributed by atoms with Crippen molar-refractivity contribution in [3.8, 4) is 5.75 Å². The molecule has 5 nitrogen and oxygen atoms in total. The van der Waals surface area contributed by atoms with E-state index in [9.17, 15) is 9.59 Å². The topological polar surface area (TPSA) is 64.6 Å². The average molecular weight is 363 g/mol. The number of carbonyl (C=O) groups excluding carboxylic acids is 2. The molecule has 3 aromatic carbocycles. The molecule has 1 N–H and O–H groups in total. The molecule has 3 rings (SSSR count). The summed E-state index contributed by atoms with van der Waals surface area (Å²) in [7, 11) is 1.32. The van der Waals surface area contributed by atoms with Gasteiger partial charge in [-0.05, 0) is 54.4 Å². The minimum atomic E-state index is -0.702. The number of esters is 1. The molecular weight excluding hydrogens is 342 g/mol. The second-order valence-corrected chi connectivity index (χ2v) is 6.28. The second-order valence-electron chi connectivity index (χ2n) is 6.28. The maximum Gasteiger partial charge on any atom is 0.337 e. The number of methoxy groups -OCH3 is 1. The predicted octanol–water partition coefficient (Wildman–Crippen LogP) is 4.34. The van der Waals surface area contributed by atoms with Crippen LogP contribution in [-0.4, -0.2) is 25.1 Å². The SMILES string of the molecule is COC(=O)c1ccc(C)c(NC(=O)[C@H](C)Oc2ccc3ccccc3c2)c1. The largest absolute Gasteiger partial charge is 0.481 e. The first-order chi connectivity index (χ1) is 13.0. The summed E-state index contributed by atoms with van der Waals surface area (Å²) in [5, 5.41) is 4.97. The number of benzene rings is 3. The lowest BCUT2D eigenvalue weighted by molar-refractivity contribution is -0.122. The first kappa shape index (κ1) is 18.5. The normalized spacial score (nSPS) is 11.7. The van der Waals surface area contributed by atoms with Gasteiger partial charge in [-0.3, -0.25) is 4.79 Å². The second kappa shape index (κ2) is 7.91. The summed E-state index contributed by atoms with van der Waals surface area (Å²) < 4.78 is 10.5. The van der Waals surface area contributed by atoms with E-state index in [1.165, 1.54) is 7.11 Å². The molecule has 1 amide bonds. The highest BCUT2D eigenvalue weighted by Crippen LogP contribution is 2.22. The van der Waals surface area contributed by atoms with Crippen LogP contribution < -0.4 is 10.1 Å². The van der Waals surface area contributed by atoms with Crippen LogP contribution in [-0.2, 0) is 9.53 Å². The molecule has 0 bridgehead atoms. The van der Waals surface area contributed by atoms with E-state index in [0.717, 1.165) is 16.3 Å². The van der Waals surface area contributed by atoms with Crippen molar-refractivity contribution in [3.05, 3.63) is 71.8 Å². The van der Waals surface area contributed by atoms with E-state index in [4.69, 9.17) is 9.47 Å². The predicted molar refractivity (Wildman–Crippen MR) is 105 cm³/mol. The van der Waals surface area contributed by atoms with Crippen molar-refractivity contribution in [2.45, 2.75) is 20.0 Å². The molecule has 5 heteroatoms. The number of ether oxygens (including phenoxy) is 2. The molecular formula is C22H21NO4. The Hall–Kier alpha value is -3.34. The standard InChI is InChI=1S/C22H21NO4/c1-14-8-9-18(22(25)26-3)13-20(14)23-21(24)15(2)27-19-11-10-16-6-4-5-7-17(16)12-19/h4-13,15H,1-3H3,(H,23,24)/t15-/m0/s1. The Bertz CT molecular complexity index is 997. The van der Waals surface area contributed by atoms with Crippen LogP contribution in [0.2, 0.25) is 0 Å².